The first-order valence-corrected chi connectivity index (χ1v) is 21.9. The van der Waals surface area contributed by atoms with E-state index in [2.05, 4.69) is 14.5 Å². The van der Waals surface area contributed by atoms with Gasteiger partial charge in [0, 0.05) is 92.6 Å². The highest BCUT2D eigenvalue weighted by molar-refractivity contribution is 5.97. The molecule has 4 aliphatic rings. The number of amides is 4. The third kappa shape index (κ3) is 11.4. The Kier molecular flexibility index (Phi) is 16.2. The Morgan fingerprint density at radius 2 is 1.03 bits per heavy atom. The predicted molar refractivity (Wildman–Crippen MR) is 242 cm³/mol. The summed E-state index contributed by atoms with van der Waals surface area (Å²) in [7, 11) is 4.36. The molecule has 8 rings (SSSR count). The van der Waals surface area contributed by atoms with Crippen molar-refractivity contribution in [3.63, 3.8) is 0 Å². The number of carbonyl (C=O) groups is 4. The van der Waals surface area contributed by atoms with Crippen LogP contribution in [0.25, 0.3) is 0 Å². The molecule has 0 saturated carbocycles. The predicted octanol–water partition coefficient (Wildman–Crippen LogP) is 4.88. The van der Waals surface area contributed by atoms with Crippen LogP contribution in [0.4, 0.5) is 29.7 Å². The largest absolute Gasteiger partial charge is 0.497 e. The molecule has 4 aromatic carbocycles. The fourth-order valence-corrected chi connectivity index (χ4v) is 8.09. The molecule has 0 aliphatic carbocycles. The molecule has 0 atom stereocenters. The van der Waals surface area contributed by atoms with E-state index in [1.807, 2.05) is 0 Å². The van der Waals surface area contributed by atoms with Crippen molar-refractivity contribution in [3.05, 3.63) is 119 Å². The van der Waals surface area contributed by atoms with Crippen molar-refractivity contribution in [1.82, 2.24) is 19.6 Å². The number of Topliss-reactive ketones (excluding diaryl/α,β-unsaturated/α-hetero) is 1. The summed E-state index contributed by atoms with van der Waals surface area (Å²) in [5.74, 6) is -0.879. The standard InChI is InChI=1S/C24H29FN4O4.C24H28FN3O5/c1-32-21-4-2-3-19(12-21)29(14-18-6-5-17(11-22(18)25)23(30)13-26)24(31)28-9-7-27(8-10-28)20-15-33-16-20;1-31-21-5-3-4-19(13-21)28(14-18-7-6-17(12-22(18)25)23(29)32-2)24(30)27-10-8-26(9-11-27)20-15-33-16-20/h2-6,11-12,20H,7-10,13-16,26H2,1H3;3-7,12-13,20H,8-11,14-16H2,1-2H3. The third-order valence-corrected chi connectivity index (χ3v) is 12.3. The number of nitrogens with zero attached hydrogens (tertiary/aromatic N) is 6. The maximum absolute atomic E-state index is 14.9. The first kappa shape index (κ1) is 47.8. The number of urea groups is 2. The second-order valence-electron chi connectivity index (χ2n) is 16.3. The van der Waals surface area contributed by atoms with E-state index in [-0.39, 0.29) is 48.6 Å². The smallest absolute Gasteiger partial charge is 0.337 e. The van der Waals surface area contributed by atoms with Crippen LogP contribution < -0.4 is 25.0 Å². The van der Waals surface area contributed by atoms with Crippen molar-refractivity contribution in [3.8, 4) is 11.5 Å². The fraction of sp³-hybridized carbons (Fsp3) is 0.417. The maximum Gasteiger partial charge on any atom is 0.337 e. The number of rotatable bonds is 13. The number of methoxy groups -OCH3 is 3. The summed E-state index contributed by atoms with van der Waals surface area (Å²) < 4.78 is 55.6. The highest BCUT2D eigenvalue weighted by Gasteiger charge is 2.34. The summed E-state index contributed by atoms with van der Waals surface area (Å²) in [6.07, 6.45) is 0. The Hall–Kier alpha value is -6.18. The van der Waals surface area contributed by atoms with Crippen molar-refractivity contribution in [2.45, 2.75) is 25.2 Å². The van der Waals surface area contributed by atoms with E-state index in [0.717, 1.165) is 58.7 Å². The molecule has 4 aliphatic heterocycles. The maximum atomic E-state index is 14.9. The van der Waals surface area contributed by atoms with Gasteiger partial charge in [-0.2, -0.15) is 0 Å². The SMILES string of the molecule is COC(=O)c1ccc(CN(C(=O)N2CCN(C3COC3)CC2)c2cccc(OC)c2)c(F)c1.COc1cccc(N(Cc2ccc(C(=O)CN)cc2F)C(=O)N2CCN(C3COC3)CC2)c1. The molecule has 4 heterocycles. The minimum absolute atomic E-state index is 0.00989. The van der Waals surface area contributed by atoms with Crippen LogP contribution >= 0.6 is 0 Å². The Morgan fingerprint density at radius 1 is 0.606 bits per heavy atom. The summed E-state index contributed by atoms with van der Waals surface area (Å²) in [6.45, 7) is 8.23. The average molecular weight is 914 g/mol. The van der Waals surface area contributed by atoms with Crippen molar-refractivity contribution >= 4 is 35.2 Å². The van der Waals surface area contributed by atoms with Crippen LogP contribution in [0.15, 0.2) is 84.9 Å². The first-order valence-electron chi connectivity index (χ1n) is 21.9. The van der Waals surface area contributed by atoms with E-state index in [9.17, 15) is 28.0 Å². The van der Waals surface area contributed by atoms with Crippen molar-refractivity contribution in [2.75, 3.05) is 116 Å². The quantitative estimate of drug-likeness (QED) is 0.143. The third-order valence-electron chi connectivity index (χ3n) is 12.3. The highest BCUT2D eigenvalue weighted by Crippen LogP contribution is 2.28. The molecule has 0 spiro atoms. The lowest BCUT2D eigenvalue weighted by Gasteiger charge is -2.43. The summed E-state index contributed by atoms with van der Waals surface area (Å²) in [4.78, 5) is 62.0. The van der Waals surface area contributed by atoms with Gasteiger partial charge in [0.1, 0.15) is 23.1 Å². The number of esters is 1. The molecular weight excluding hydrogens is 857 g/mol. The zero-order valence-corrected chi connectivity index (χ0v) is 37.5. The van der Waals surface area contributed by atoms with Crippen LogP contribution in [-0.2, 0) is 27.3 Å². The normalized spacial score (nSPS) is 16.8. The van der Waals surface area contributed by atoms with Crippen LogP contribution in [0, 0.1) is 11.6 Å². The molecule has 352 valence electrons. The minimum atomic E-state index is -0.615. The van der Waals surface area contributed by atoms with Crippen molar-refractivity contribution < 1.29 is 51.6 Å². The molecule has 4 saturated heterocycles. The van der Waals surface area contributed by atoms with Crippen molar-refractivity contribution in [2.24, 2.45) is 5.73 Å². The lowest BCUT2D eigenvalue weighted by Crippen LogP contribution is -2.59. The number of halogens is 2. The van der Waals surface area contributed by atoms with Gasteiger partial charge in [-0.1, -0.05) is 30.3 Å². The lowest BCUT2D eigenvalue weighted by atomic mass is 10.1. The second-order valence-corrected chi connectivity index (χ2v) is 16.3. The van der Waals surface area contributed by atoms with Gasteiger partial charge in [0.2, 0.25) is 0 Å². The zero-order valence-electron chi connectivity index (χ0n) is 37.5. The number of anilines is 2. The molecule has 0 radical (unpaired) electrons. The molecule has 0 unspecified atom stereocenters. The van der Waals surface area contributed by atoms with Gasteiger partial charge in [-0.15, -0.1) is 0 Å². The molecule has 4 amide bonds. The molecule has 16 nitrogen and oxygen atoms in total. The summed E-state index contributed by atoms with van der Waals surface area (Å²) in [6, 6.07) is 23.1. The van der Waals surface area contributed by atoms with E-state index in [4.69, 9.17) is 24.7 Å². The molecule has 66 heavy (non-hydrogen) atoms. The van der Waals surface area contributed by atoms with Crippen LogP contribution in [0.1, 0.15) is 31.8 Å². The molecule has 4 fully saturated rings. The fourth-order valence-electron chi connectivity index (χ4n) is 8.09. The number of hydrogen-bond acceptors (Lipinski definition) is 12. The van der Waals surface area contributed by atoms with Gasteiger partial charge in [-0.25, -0.2) is 23.2 Å². The lowest BCUT2D eigenvalue weighted by molar-refractivity contribution is -0.0738. The van der Waals surface area contributed by atoms with Gasteiger partial charge in [0.25, 0.3) is 0 Å². The minimum Gasteiger partial charge on any atom is -0.497 e. The Balaban J connectivity index is 0.000000196. The van der Waals surface area contributed by atoms with Crippen LogP contribution in [0.2, 0.25) is 0 Å². The monoisotopic (exact) mass is 913 g/mol. The Morgan fingerprint density at radius 3 is 1.39 bits per heavy atom. The number of piperazine rings is 2. The van der Waals surface area contributed by atoms with Gasteiger partial charge >= 0.3 is 18.0 Å². The van der Waals surface area contributed by atoms with Gasteiger partial charge in [0.15, 0.2) is 5.78 Å². The van der Waals surface area contributed by atoms with E-state index in [1.165, 1.54) is 31.4 Å². The molecule has 2 N–H and O–H groups in total. The van der Waals surface area contributed by atoms with Gasteiger partial charge in [0.05, 0.1) is 85.0 Å². The highest BCUT2D eigenvalue weighted by atomic mass is 19.1. The van der Waals surface area contributed by atoms with E-state index in [0.29, 0.717) is 72.3 Å². The molecule has 18 heteroatoms. The average Bonchev–Trinajstić information content (AvgIpc) is 3.32. The second kappa shape index (κ2) is 22.3. The van der Waals surface area contributed by atoms with Crippen molar-refractivity contribution in [1.29, 1.82) is 0 Å². The number of ketones is 1. The van der Waals surface area contributed by atoms with Crippen LogP contribution in [0.3, 0.4) is 0 Å². The van der Waals surface area contributed by atoms with Gasteiger partial charge in [-0.3, -0.25) is 24.4 Å². The van der Waals surface area contributed by atoms with Crippen LogP contribution in [-0.4, -0.2) is 162 Å². The summed E-state index contributed by atoms with van der Waals surface area (Å²) in [5.41, 5.74) is 7.54. The topological polar surface area (TPSA) is 160 Å². The zero-order chi connectivity index (χ0) is 46.7. The van der Waals surface area contributed by atoms with Gasteiger partial charge < -0.3 is 39.2 Å². The van der Waals surface area contributed by atoms with Gasteiger partial charge in [-0.05, 0) is 42.5 Å². The molecule has 4 aromatic rings. The molecular formula is C48H57F2N7O9. The number of carbonyl (C=O) groups excluding carboxylic acids is 4. The first-order chi connectivity index (χ1) is 32.0. The Labute approximate surface area is 383 Å². The summed E-state index contributed by atoms with van der Waals surface area (Å²) >= 11 is 0. The number of benzene rings is 4. The Bertz CT molecular complexity index is 2170. The molecule has 0 bridgehead atoms. The van der Waals surface area contributed by atoms with E-state index in [1.54, 1.807) is 88.4 Å². The van der Waals surface area contributed by atoms with E-state index >= 15 is 0 Å². The number of hydrogen-bond donors (Lipinski definition) is 1. The molecule has 0 aromatic heterocycles. The number of ether oxygens (including phenoxy) is 5. The van der Waals surface area contributed by atoms with E-state index < -0.39 is 17.6 Å². The summed E-state index contributed by atoms with van der Waals surface area (Å²) in [5, 5.41) is 0. The number of nitrogens with two attached hydrogens (primary N) is 1. The van der Waals surface area contributed by atoms with Crippen LogP contribution in [0.5, 0.6) is 11.5 Å².